The zero-order valence-electron chi connectivity index (χ0n) is 14.0. The van der Waals surface area contributed by atoms with E-state index in [-0.39, 0.29) is 23.6 Å². The molecule has 2 aromatic heterocycles. The van der Waals surface area contributed by atoms with Crippen LogP contribution in [0, 0.1) is 5.82 Å². The topological polar surface area (TPSA) is 71.8 Å². The predicted molar refractivity (Wildman–Crippen MR) is 98.0 cm³/mol. The number of carbonyl (C=O) groups excluding carboxylic acids is 1. The first kappa shape index (κ1) is 16.9. The van der Waals surface area contributed by atoms with Crippen molar-refractivity contribution in [3.05, 3.63) is 53.4 Å². The summed E-state index contributed by atoms with van der Waals surface area (Å²) in [5, 5.41) is 12.6. The normalized spacial score (nSPS) is 17.2. The molecule has 1 saturated heterocycles. The Morgan fingerprint density at radius 3 is 2.85 bits per heavy atom. The van der Waals surface area contributed by atoms with E-state index < -0.39 is 0 Å². The maximum Gasteiger partial charge on any atom is 0.291 e. The van der Waals surface area contributed by atoms with Crippen LogP contribution in [0.1, 0.15) is 23.5 Å². The maximum atomic E-state index is 13.3. The van der Waals surface area contributed by atoms with Crippen molar-refractivity contribution >= 4 is 17.2 Å². The molecule has 1 fully saturated rings. The van der Waals surface area contributed by atoms with Crippen LogP contribution < -0.4 is 10.6 Å². The van der Waals surface area contributed by atoms with Crippen molar-refractivity contribution in [2.24, 2.45) is 0 Å². The average Bonchev–Trinajstić information content (AvgIpc) is 3.33. The van der Waals surface area contributed by atoms with Gasteiger partial charge in [0.05, 0.1) is 10.6 Å². The Hall–Kier alpha value is -2.58. The number of nitrogens with one attached hydrogen (secondary N) is 2. The standard InChI is InChI=1S/C18H18FN5OS/c19-12-5-7-14(8-6-12)24-17(15-4-2-10-26-15)22-16(23-24)18(25)21-13-3-1-9-20-11-13/h2,4-8,10,13,20H,1,3,9,11H2,(H,21,25). The SMILES string of the molecule is O=C(NC1CCCNC1)c1nc(-c2cccs2)n(-c2ccc(F)cc2)n1. The third kappa shape index (κ3) is 3.51. The Balaban J connectivity index is 1.66. The molecule has 1 aliphatic rings. The molecule has 1 atom stereocenters. The van der Waals surface area contributed by atoms with Gasteiger partial charge in [0.1, 0.15) is 5.82 Å². The van der Waals surface area contributed by atoms with E-state index in [0.717, 1.165) is 30.8 Å². The lowest BCUT2D eigenvalue weighted by molar-refractivity contribution is 0.0920. The van der Waals surface area contributed by atoms with Crippen molar-refractivity contribution in [1.29, 1.82) is 0 Å². The average molecular weight is 371 g/mol. The quantitative estimate of drug-likeness (QED) is 0.740. The first-order valence-corrected chi connectivity index (χ1v) is 9.37. The minimum Gasteiger partial charge on any atom is -0.345 e. The van der Waals surface area contributed by atoms with Crippen LogP contribution in [0.5, 0.6) is 0 Å². The molecule has 26 heavy (non-hydrogen) atoms. The van der Waals surface area contributed by atoms with Crippen molar-refractivity contribution < 1.29 is 9.18 Å². The van der Waals surface area contributed by atoms with Crippen molar-refractivity contribution in [2.75, 3.05) is 13.1 Å². The number of amides is 1. The van der Waals surface area contributed by atoms with Crippen LogP contribution in [0.4, 0.5) is 4.39 Å². The van der Waals surface area contributed by atoms with Crippen LogP contribution in [0.3, 0.4) is 0 Å². The lowest BCUT2D eigenvalue weighted by atomic mass is 10.1. The minimum atomic E-state index is -0.325. The number of piperidine rings is 1. The molecule has 0 spiro atoms. The lowest BCUT2D eigenvalue weighted by Gasteiger charge is -2.23. The van der Waals surface area contributed by atoms with Crippen LogP contribution in [0.25, 0.3) is 16.4 Å². The summed E-state index contributed by atoms with van der Waals surface area (Å²) in [6.07, 6.45) is 1.97. The summed E-state index contributed by atoms with van der Waals surface area (Å²) >= 11 is 1.51. The summed E-state index contributed by atoms with van der Waals surface area (Å²) in [5.74, 6) is 0.0634. The first-order valence-electron chi connectivity index (χ1n) is 8.49. The van der Waals surface area contributed by atoms with E-state index in [1.165, 1.54) is 23.5 Å². The Morgan fingerprint density at radius 1 is 1.31 bits per heavy atom. The van der Waals surface area contributed by atoms with E-state index in [2.05, 4.69) is 20.7 Å². The van der Waals surface area contributed by atoms with Gasteiger partial charge in [-0.1, -0.05) is 6.07 Å². The van der Waals surface area contributed by atoms with Gasteiger partial charge in [0.2, 0.25) is 5.82 Å². The molecule has 134 valence electrons. The number of thiophene rings is 1. The number of halogens is 1. The number of carbonyl (C=O) groups is 1. The number of nitrogens with zero attached hydrogens (tertiary/aromatic N) is 3. The van der Waals surface area contributed by atoms with Gasteiger partial charge in [0.15, 0.2) is 5.82 Å². The number of benzene rings is 1. The summed E-state index contributed by atoms with van der Waals surface area (Å²) < 4.78 is 14.8. The summed E-state index contributed by atoms with van der Waals surface area (Å²) in [4.78, 5) is 17.9. The number of hydrogen-bond donors (Lipinski definition) is 2. The largest absolute Gasteiger partial charge is 0.345 e. The predicted octanol–water partition coefficient (Wildman–Crippen LogP) is 2.62. The van der Waals surface area contributed by atoms with E-state index in [9.17, 15) is 9.18 Å². The fraction of sp³-hybridized carbons (Fsp3) is 0.278. The number of rotatable bonds is 4. The zero-order valence-corrected chi connectivity index (χ0v) is 14.8. The highest BCUT2D eigenvalue weighted by molar-refractivity contribution is 7.13. The van der Waals surface area contributed by atoms with E-state index in [4.69, 9.17) is 0 Å². The van der Waals surface area contributed by atoms with Crippen molar-refractivity contribution in [3.63, 3.8) is 0 Å². The molecule has 3 heterocycles. The van der Waals surface area contributed by atoms with E-state index >= 15 is 0 Å². The van der Waals surface area contributed by atoms with E-state index in [1.54, 1.807) is 16.8 Å². The fourth-order valence-electron chi connectivity index (χ4n) is 2.96. The molecule has 0 radical (unpaired) electrons. The van der Waals surface area contributed by atoms with Gasteiger partial charge in [0, 0.05) is 12.6 Å². The highest BCUT2D eigenvalue weighted by Crippen LogP contribution is 2.25. The molecule has 0 aliphatic carbocycles. The van der Waals surface area contributed by atoms with E-state index in [1.807, 2.05) is 17.5 Å². The van der Waals surface area contributed by atoms with Gasteiger partial charge in [-0.05, 0) is 55.1 Å². The van der Waals surface area contributed by atoms with Gasteiger partial charge in [-0.15, -0.1) is 16.4 Å². The van der Waals surface area contributed by atoms with Crippen molar-refractivity contribution in [2.45, 2.75) is 18.9 Å². The molecule has 0 saturated carbocycles. The molecule has 1 unspecified atom stereocenters. The van der Waals surface area contributed by atoms with Gasteiger partial charge in [0.25, 0.3) is 5.91 Å². The third-order valence-electron chi connectivity index (χ3n) is 4.26. The Kier molecular flexibility index (Phi) is 4.77. The Bertz CT molecular complexity index is 885. The Labute approximate surface area is 154 Å². The molecule has 1 amide bonds. The van der Waals surface area contributed by atoms with Crippen LogP contribution in [-0.2, 0) is 0 Å². The van der Waals surface area contributed by atoms with Gasteiger partial charge in [-0.25, -0.2) is 14.1 Å². The molecule has 4 rings (SSSR count). The molecule has 1 aliphatic heterocycles. The minimum absolute atomic E-state index is 0.0826. The molecule has 6 nitrogen and oxygen atoms in total. The van der Waals surface area contributed by atoms with Crippen molar-refractivity contribution in [3.8, 4) is 16.4 Å². The smallest absolute Gasteiger partial charge is 0.291 e. The molecule has 0 bridgehead atoms. The second kappa shape index (κ2) is 7.35. The molecule has 1 aromatic carbocycles. The lowest BCUT2D eigenvalue weighted by Crippen LogP contribution is -2.45. The maximum absolute atomic E-state index is 13.3. The molecule has 2 N–H and O–H groups in total. The molecular formula is C18H18FN5OS. The molecule has 3 aromatic rings. The second-order valence-electron chi connectivity index (χ2n) is 6.14. The fourth-order valence-corrected chi connectivity index (χ4v) is 3.66. The van der Waals surface area contributed by atoms with E-state index in [0.29, 0.717) is 11.5 Å². The second-order valence-corrected chi connectivity index (χ2v) is 7.09. The number of hydrogen-bond acceptors (Lipinski definition) is 5. The monoisotopic (exact) mass is 371 g/mol. The summed E-state index contributed by atoms with van der Waals surface area (Å²) in [6.45, 7) is 1.73. The molecule has 8 heteroatoms. The summed E-state index contributed by atoms with van der Waals surface area (Å²) in [5.41, 5.74) is 0.653. The summed E-state index contributed by atoms with van der Waals surface area (Å²) in [7, 11) is 0. The van der Waals surface area contributed by atoms with Gasteiger partial charge in [-0.3, -0.25) is 4.79 Å². The van der Waals surface area contributed by atoms with Crippen LogP contribution in [0.2, 0.25) is 0 Å². The van der Waals surface area contributed by atoms with Crippen LogP contribution in [-0.4, -0.2) is 39.8 Å². The third-order valence-corrected chi connectivity index (χ3v) is 5.12. The van der Waals surface area contributed by atoms with Gasteiger partial charge < -0.3 is 10.6 Å². The van der Waals surface area contributed by atoms with Crippen molar-refractivity contribution in [1.82, 2.24) is 25.4 Å². The summed E-state index contributed by atoms with van der Waals surface area (Å²) in [6, 6.07) is 9.88. The highest BCUT2D eigenvalue weighted by atomic mass is 32.1. The zero-order chi connectivity index (χ0) is 17.9. The van der Waals surface area contributed by atoms with Gasteiger partial charge in [-0.2, -0.15) is 0 Å². The van der Waals surface area contributed by atoms with Gasteiger partial charge >= 0.3 is 0 Å². The first-order chi connectivity index (χ1) is 12.7. The Morgan fingerprint density at radius 2 is 2.15 bits per heavy atom. The highest BCUT2D eigenvalue weighted by Gasteiger charge is 2.22. The van der Waals surface area contributed by atoms with Crippen LogP contribution >= 0.6 is 11.3 Å². The van der Waals surface area contributed by atoms with Crippen LogP contribution in [0.15, 0.2) is 41.8 Å². The number of aromatic nitrogens is 3. The molecular weight excluding hydrogens is 353 g/mol.